The zero-order valence-electron chi connectivity index (χ0n) is 20.1. The lowest BCUT2D eigenvalue weighted by atomic mass is 10.1. The highest BCUT2D eigenvalue weighted by atomic mass is 79.9. The van der Waals surface area contributed by atoms with Crippen LogP contribution in [-0.4, -0.2) is 44.8 Å². The van der Waals surface area contributed by atoms with E-state index in [4.69, 9.17) is 11.6 Å². The van der Waals surface area contributed by atoms with Crippen LogP contribution in [0.5, 0.6) is 0 Å². The number of sulfonamides is 1. The average molecular weight is 593 g/mol. The van der Waals surface area contributed by atoms with Crippen molar-refractivity contribution in [3.63, 3.8) is 0 Å². The molecule has 3 aromatic rings. The highest BCUT2D eigenvalue weighted by Crippen LogP contribution is 2.27. The summed E-state index contributed by atoms with van der Waals surface area (Å²) in [7, 11) is -2.64. The zero-order valence-corrected chi connectivity index (χ0v) is 23.3. The number of carbonyl (C=O) groups excluding carboxylic acids is 2. The Balaban J connectivity index is 2.03. The van der Waals surface area contributed by atoms with Crippen LogP contribution >= 0.6 is 27.5 Å². The van der Waals surface area contributed by atoms with Gasteiger partial charge >= 0.3 is 0 Å². The Morgan fingerprint density at radius 1 is 1.03 bits per heavy atom. The molecule has 1 atom stereocenters. The molecule has 3 rings (SSSR count). The number of hydrogen-bond acceptors (Lipinski definition) is 4. The molecule has 190 valence electrons. The topological polar surface area (TPSA) is 86.8 Å². The summed E-state index contributed by atoms with van der Waals surface area (Å²) < 4.78 is 29.3. The summed E-state index contributed by atoms with van der Waals surface area (Å²) in [5.41, 5.74) is 1.93. The van der Waals surface area contributed by atoms with Gasteiger partial charge in [0.05, 0.1) is 10.6 Å². The molecule has 1 N–H and O–H groups in total. The minimum absolute atomic E-state index is 0.0405. The molecule has 36 heavy (non-hydrogen) atoms. The number of benzene rings is 3. The van der Waals surface area contributed by atoms with E-state index in [1.54, 1.807) is 37.3 Å². The van der Waals surface area contributed by atoms with Crippen LogP contribution in [0.15, 0.2) is 82.2 Å². The van der Waals surface area contributed by atoms with E-state index < -0.39 is 28.5 Å². The quantitative estimate of drug-likeness (QED) is 0.388. The van der Waals surface area contributed by atoms with Gasteiger partial charge in [-0.1, -0.05) is 63.4 Å². The van der Waals surface area contributed by atoms with Gasteiger partial charge in [0.15, 0.2) is 0 Å². The molecule has 0 aromatic heterocycles. The third-order valence-electron chi connectivity index (χ3n) is 5.64. The molecule has 0 fully saturated rings. The maximum Gasteiger partial charge on any atom is 0.264 e. The fourth-order valence-electron chi connectivity index (χ4n) is 3.62. The van der Waals surface area contributed by atoms with Gasteiger partial charge in [0, 0.05) is 23.1 Å². The zero-order chi connectivity index (χ0) is 26.5. The highest BCUT2D eigenvalue weighted by Gasteiger charge is 2.32. The molecular formula is C26H27BrClN3O4S. The molecule has 0 spiro atoms. The van der Waals surface area contributed by atoms with Crippen LogP contribution in [0.25, 0.3) is 0 Å². The predicted molar refractivity (Wildman–Crippen MR) is 145 cm³/mol. The molecule has 3 aromatic carbocycles. The monoisotopic (exact) mass is 591 g/mol. The smallest absolute Gasteiger partial charge is 0.264 e. The Morgan fingerprint density at radius 2 is 1.69 bits per heavy atom. The van der Waals surface area contributed by atoms with Crippen LogP contribution in [-0.2, 0) is 26.2 Å². The second-order valence-electron chi connectivity index (χ2n) is 8.25. The molecule has 10 heteroatoms. The number of rotatable bonds is 9. The third kappa shape index (κ3) is 6.66. The second-order valence-corrected chi connectivity index (χ2v) is 11.5. The van der Waals surface area contributed by atoms with Gasteiger partial charge in [0.2, 0.25) is 11.8 Å². The van der Waals surface area contributed by atoms with Crippen LogP contribution in [0, 0.1) is 6.92 Å². The van der Waals surface area contributed by atoms with Gasteiger partial charge in [-0.2, -0.15) is 0 Å². The van der Waals surface area contributed by atoms with Crippen molar-refractivity contribution >= 4 is 55.1 Å². The summed E-state index contributed by atoms with van der Waals surface area (Å²) in [5, 5.41) is 2.89. The van der Waals surface area contributed by atoms with Gasteiger partial charge in [-0.25, -0.2) is 8.42 Å². The summed E-state index contributed by atoms with van der Waals surface area (Å²) >= 11 is 9.58. The van der Waals surface area contributed by atoms with Crippen molar-refractivity contribution in [1.82, 2.24) is 10.2 Å². The van der Waals surface area contributed by atoms with Crippen molar-refractivity contribution in [3.8, 4) is 0 Å². The number of halogens is 2. The van der Waals surface area contributed by atoms with Gasteiger partial charge < -0.3 is 10.2 Å². The molecule has 0 heterocycles. The summed E-state index contributed by atoms with van der Waals surface area (Å²) in [6.45, 7) is 3.05. The average Bonchev–Trinajstić information content (AvgIpc) is 2.85. The van der Waals surface area contributed by atoms with Crippen molar-refractivity contribution in [2.24, 2.45) is 0 Å². The van der Waals surface area contributed by atoms with E-state index in [-0.39, 0.29) is 23.0 Å². The Hall–Kier alpha value is -2.88. The molecular weight excluding hydrogens is 566 g/mol. The lowest BCUT2D eigenvalue weighted by Gasteiger charge is -2.31. The van der Waals surface area contributed by atoms with Gasteiger partial charge in [0.25, 0.3) is 10.0 Å². The number of aryl methyl sites for hydroxylation is 1. The van der Waals surface area contributed by atoms with Gasteiger partial charge in [-0.3, -0.25) is 13.9 Å². The first-order valence-corrected chi connectivity index (χ1v) is 13.7. The van der Waals surface area contributed by atoms with Crippen LogP contribution in [0.2, 0.25) is 5.02 Å². The summed E-state index contributed by atoms with van der Waals surface area (Å²) in [4.78, 5) is 27.6. The van der Waals surface area contributed by atoms with E-state index in [1.807, 2.05) is 31.2 Å². The van der Waals surface area contributed by atoms with Crippen molar-refractivity contribution in [2.45, 2.75) is 31.3 Å². The van der Waals surface area contributed by atoms with Crippen molar-refractivity contribution in [3.05, 3.63) is 93.4 Å². The van der Waals surface area contributed by atoms with E-state index >= 15 is 0 Å². The fourth-order valence-corrected chi connectivity index (χ4v) is 5.66. The maximum absolute atomic E-state index is 13.7. The molecule has 0 radical (unpaired) electrons. The maximum atomic E-state index is 13.7. The minimum Gasteiger partial charge on any atom is -0.357 e. The third-order valence-corrected chi connectivity index (χ3v) is 8.16. The molecule has 0 saturated heterocycles. The van der Waals surface area contributed by atoms with Crippen LogP contribution in [0.4, 0.5) is 5.69 Å². The first-order valence-electron chi connectivity index (χ1n) is 11.1. The minimum atomic E-state index is -4.13. The van der Waals surface area contributed by atoms with Gasteiger partial charge in [-0.15, -0.1) is 0 Å². The molecule has 0 bridgehead atoms. The van der Waals surface area contributed by atoms with Crippen molar-refractivity contribution in [2.75, 3.05) is 17.9 Å². The first kappa shape index (κ1) is 27.7. The molecule has 0 saturated carbocycles. The van der Waals surface area contributed by atoms with E-state index in [0.29, 0.717) is 5.02 Å². The lowest BCUT2D eigenvalue weighted by molar-refractivity contribution is -0.139. The SMILES string of the molecule is CNC(=O)[C@H](C)N(Cc1cccc(Br)c1)C(=O)CN(c1cccc(Cl)c1)S(=O)(=O)c1ccc(C)cc1. The van der Waals surface area contributed by atoms with E-state index in [0.717, 1.165) is 19.9 Å². The summed E-state index contributed by atoms with van der Waals surface area (Å²) in [6, 6.07) is 19.2. The highest BCUT2D eigenvalue weighted by molar-refractivity contribution is 9.10. The van der Waals surface area contributed by atoms with Crippen molar-refractivity contribution < 1.29 is 18.0 Å². The largest absolute Gasteiger partial charge is 0.357 e. The number of anilines is 1. The number of carbonyl (C=O) groups is 2. The van der Waals surface area contributed by atoms with Crippen LogP contribution in [0.1, 0.15) is 18.1 Å². The van der Waals surface area contributed by atoms with E-state index in [1.165, 1.54) is 30.1 Å². The summed E-state index contributed by atoms with van der Waals surface area (Å²) in [5.74, 6) is -0.907. The lowest BCUT2D eigenvalue weighted by Crippen LogP contribution is -2.50. The van der Waals surface area contributed by atoms with E-state index in [2.05, 4.69) is 21.2 Å². The Labute approximate surface area is 225 Å². The first-order chi connectivity index (χ1) is 17.0. The van der Waals surface area contributed by atoms with Crippen LogP contribution in [0.3, 0.4) is 0 Å². The predicted octanol–water partition coefficient (Wildman–Crippen LogP) is 4.77. The number of nitrogens with one attached hydrogen (secondary N) is 1. The molecule has 0 aliphatic heterocycles. The Kier molecular flexibility index (Phi) is 9.16. The van der Waals surface area contributed by atoms with Crippen LogP contribution < -0.4 is 9.62 Å². The molecule has 0 aliphatic rings. The fraction of sp³-hybridized carbons (Fsp3) is 0.231. The molecule has 0 unspecified atom stereocenters. The second kappa shape index (κ2) is 11.9. The number of amides is 2. The Bertz CT molecular complexity index is 1350. The number of nitrogens with zero attached hydrogens (tertiary/aromatic N) is 2. The Morgan fingerprint density at radius 3 is 2.31 bits per heavy atom. The molecule has 7 nitrogen and oxygen atoms in total. The normalized spacial score (nSPS) is 12.0. The van der Waals surface area contributed by atoms with Gasteiger partial charge in [0.1, 0.15) is 12.6 Å². The molecule has 2 amide bonds. The summed E-state index contributed by atoms with van der Waals surface area (Å²) in [6.07, 6.45) is 0. The number of hydrogen-bond donors (Lipinski definition) is 1. The van der Waals surface area contributed by atoms with Crippen molar-refractivity contribution in [1.29, 1.82) is 0 Å². The van der Waals surface area contributed by atoms with E-state index in [9.17, 15) is 18.0 Å². The number of likely N-dealkylation sites (N-methyl/N-ethyl adjacent to an activating group) is 1. The standard InChI is InChI=1S/C26H27BrClN3O4S/c1-18-10-12-24(13-11-18)36(34,35)31(23-9-5-8-22(28)15-23)17-25(32)30(19(2)26(33)29-3)16-20-6-4-7-21(27)14-20/h4-15,19H,16-17H2,1-3H3,(H,29,33)/t19-/m0/s1. The van der Waals surface area contributed by atoms with Gasteiger partial charge in [-0.05, 0) is 61.9 Å². The molecule has 0 aliphatic carbocycles.